The lowest BCUT2D eigenvalue weighted by Crippen LogP contribution is -2.30. The van der Waals surface area contributed by atoms with E-state index in [1.165, 1.54) is 15.4 Å². The van der Waals surface area contributed by atoms with Gasteiger partial charge in [-0.05, 0) is 48.7 Å². The number of thiocarbonyl (C=S) groups is 1. The topological polar surface area (TPSA) is 105 Å². The molecule has 0 atom stereocenters. The summed E-state index contributed by atoms with van der Waals surface area (Å²) in [5.74, 6) is 1.27. The fourth-order valence-corrected chi connectivity index (χ4v) is 5.09. The Balaban J connectivity index is 1.62. The van der Waals surface area contributed by atoms with Gasteiger partial charge in [0.25, 0.3) is 11.5 Å². The number of thioether (sulfide) groups is 1. The molecule has 3 aromatic rings. The Kier molecular flexibility index (Phi) is 7.92. The number of anilines is 1. The molecule has 1 saturated heterocycles. The van der Waals surface area contributed by atoms with E-state index in [0.29, 0.717) is 45.2 Å². The van der Waals surface area contributed by atoms with Crippen molar-refractivity contribution in [2.24, 2.45) is 0 Å². The molecule has 0 aliphatic carbocycles. The molecule has 2 N–H and O–H groups in total. The van der Waals surface area contributed by atoms with Crippen molar-refractivity contribution < 1.29 is 19.4 Å². The molecule has 1 fully saturated rings. The number of carbonyl (C=O) groups excluding carboxylic acids is 1. The number of amides is 1. The minimum Gasteiger partial charge on any atom is -0.493 e. The van der Waals surface area contributed by atoms with Crippen LogP contribution < -0.4 is 20.3 Å². The van der Waals surface area contributed by atoms with Crippen LogP contribution in [0.5, 0.6) is 11.5 Å². The summed E-state index contributed by atoms with van der Waals surface area (Å²) in [7, 11) is 3.15. The summed E-state index contributed by atoms with van der Waals surface area (Å²) >= 11 is 6.63. The van der Waals surface area contributed by atoms with Crippen molar-refractivity contribution in [3.8, 4) is 11.5 Å². The minimum absolute atomic E-state index is 0.132. The molecule has 0 bridgehead atoms. The van der Waals surface area contributed by atoms with E-state index in [2.05, 4.69) is 10.3 Å². The number of carbonyl (C=O) groups is 1. The van der Waals surface area contributed by atoms with E-state index in [0.717, 1.165) is 22.9 Å². The molecule has 1 aliphatic rings. The second kappa shape index (κ2) is 11.1. The summed E-state index contributed by atoms with van der Waals surface area (Å²) in [6, 6.07) is 9.22. The third-order valence-electron chi connectivity index (χ3n) is 5.63. The largest absolute Gasteiger partial charge is 0.493 e. The Morgan fingerprint density at radius 1 is 1.17 bits per heavy atom. The van der Waals surface area contributed by atoms with Crippen molar-refractivity contribution >= 4 is 51.7 Å². The Morgan fingerprint density at radius 2 is 1.94 bits per heavy atom. The maximum atomic E-state index is 13.3. The molecule has 0 radical (unpaired) electrons. The monoisotopic (exact) mass is 526 g/mol. The van der Waals surface area contributed by atoms with Crippen LogP contribution in [-0.2, 0) is 11.2 Å². The Morgan fingerprint density at radius 3 is 2.67 bits per heavy atom. The molecule has 0 saturated carbocycles. The van der Waals surface area contributed by atoms with Crippen molar-refractivity contribution in [1.29, 1.82) is 0 Å². The summed E-state index contributed by atoms with van der Waals surface area (Å²) in [5, 5.41) is 12.2. The van der Waals surface area contributed by atoms with Crippen LogP contribution in [0.2, 0.25) is 0 Å². The number of hydrogen-bond donors (Lipinski definition) is 2. The number of nitrogens with zero attached hydrogens (tertiary/aromatic N) is 3. The smallest absolute Gasteiger partial charge is 0.267 e. The van der Waals surface area contributed by atoms with Crippen LogP contribution in [0.15, 0.2) is 46.2 Å². The maximum Gasteiger partial charge on any atom is 0.267 e. The zero-order valence-electron chi connectivity index (χ0n) is 20.1. The lowest BCUT2D eigenvalue weighted by Gasteiger charge is -2.15. The number of aliphatic hydroxyl groups is 1. The molecule has 188 valence electrons. The Labute approximate surface area is 217 Å². The van der Waals surface area contributed by atoms with E-state index in [1.54, 1.807) is 26.5 Å². The van der Waals surface area contributed by atoms with Gasteiger partial charge >= 0.3 is 0 Å². The standard InChI is InChI=1S/C25H26N4O5S2/c1-15-4-7-21-27-22(26-9-11-30)17(23(31)29(21)14-15)13-20-24(32)28(25(35)36-20)10-8-16-5-6-18(33-2)19(12-16)34-3/h4-7,12-14,26,30H,8-11H2,1-3H3. The van der Waals surface area contributed by atoms with E-state index >= 15 is 0 Å². The van der Waals surface area contributed by atoms with E-state index in [1.807, 2.05) is 31.2 Å². The normalized spacial score (nSPS) is 14.7. The van der Waals surface area contributed by atoms with Crippen molar-refractivity contribution in [2.75, 3.05) is 39.2 Å². The SMILES string of the molecule is COc1ccc(CCN2C(=O)C(=Cc3c(NCCO)nc4ccc(C)cn4c3=O)SC2=S)cc1OC. The highest BCUT2D eigenvalue weighted by Gasteiger charge is 2.32. The van der Waals surface area contributed by atoms with Gasteiger partial charge in [-0.25, -0.2) is 4.98 Å². The highest BCUT2D eigenvalue weighted by atomic mass is 32.2. The van der Waals surface area contributed by atoms with Gasteiger partial charge in [-0.2, -0.15) is 0 Å². The average Bonchev–Trinajstić information content (AvgIpc) is 3.15. The fraction of sp³-hybridized carbons (Fsp3) is 0.280. The molecule has 9 nitrogen and oxygen atoms in total. The highest BCUT2D eigenvalue weighted by molar-refractivity contribution is 8.26. The number of nitrogens with one attached hydrogen (secondary N) is 1. The van der Waals surface area contributed by atoms with Gasteiger partial charge in [-0.1, -0.05) is 36.1 Å². The molecule has 4 rings (SSSR count). The predicted octanol–water partition coefficient (Wildman–Crippen LogP) is 2.87. The first kappa shape index (κ1) is 25.7. The fourth-order valence-electron chi connectivity index (χ4n) is 3.80. The van der Waals surface area contributed by atoms with Crippen LogP contribution in [0.1, 0.15) is 16.7 Å². The number of pyridine rings is 1. The molecule has 2 aromatic heterocycles. The molecular formula is C25H26N4O5S2. The van der Waals surface area contributed by atoms with Crippen molar-refractivity contribution in [2.45, 2.75) is 13.3 Å². The van der Waals surface area contributed by atoms with Gasteiger partial charge in [-0.15, -0.1) is 0 Å². The molecule has 3 heterocycles. The van der Waals surface area contributed by atoms with Crippen molar-refractivity contribution in [3.05, 3.63) is 68.5 Å². The van der Waals surface area contributed by atoms with E-state index in [9.17, 15) is 14.7 Å². The number of ether oxygens (including phenoxy) is 2. The van der Waals surface area contributed by atoms with E-state index < -0.39 is 0 Å². The van der Waals surface area contributed by atoms with Gasteiger partial charge in [0, 0.05) is 19.3 Å². The van der Waals surface area contributed by atoms with Gasteiger partial charge in [0.05, 0.1) is 31.3 Å². The van der Waals surface area contributed by atoms with Crippen LogP contribution in [-0.4, -0.2) is 63.5 Å². The van der Waals surface area contributed by atoms with Crippen molar-refractivity contribution in [3.63, 3.8) is 0 Å². The van der Waals surface area contributed by atoms with Gasteiger partial charge in [0.15, 0.2) is 11.5 Å². The molecule has 1 aromatic carbocycles. The number of methoxy groups -OCH3 is 2. The zero-order chi connectivity index (χ0) is 25.8. The predicted molar refractivity (Wildman–Crippen MR) is 145 cm³/mol. The minimum atomic E-state index is -0.320. The summed E-state index contributed by atoms with van der Waals surface area (Å²) in [6.07, 6.45) is 3.79. The number of aromatic nitrogens is 2. The summed E-state index contributed by atoms with van der Waals surface area (Å²) in [5.41, 5.74) is 2.24. The molecule has 1 aliphatic heterocycles. The third-order valence-corrected chi connectivity index (χ3v) is 7.01. The van der Waals surface area contributed by atoms with Gasteiger partial charge in [-0.3, -0.25) is 18.9 Å². The van der Waals surface area contributed by atoms with Gasteiger partial charge in [0.1, 0.15) is 15.8 Å². The van der Waals surface area contributed by atoms with Gasteiger partial charge < -0.3 is 19.9 Å². The molecule has 1 amide bonds. The van der Waals surface area contributed by atoms with Crippen LogP contribution in [0.25, 0.3) is 11.7 Å². The van der Waals surface area contributed by atoms with E-state index in [-0.39, 0.29) is 30.2 Å². The molecule has 0 spiro atoms. The highest BCUT2D eigenvalue weighted by Crippen LogP contribution is 2.34. The van der Waals surface area contributed by atoms with Crippen LogP contribution in [0, 0.1) is 6.92 Å². The Hall–Kier alpha value is -3.41. The summed E-state index contributed by atoms with van der Waals surface area (Å²) in [6.45, 7) is 2.34. The number of fused-ring (bicyclic) bond motifs is 1. The van der Waals surface area contributed by atoms with Gasteiger partial charge in [0.2, 0.25) is 0 Å². The number of benzene rings is 1. The van der Waals surface area contributed by atoms with Crippen LogP contribution >= 0.6 is 24.0 Å². The lowest BCUT2D eigenvalue weighted by molar-refractivity contribution is -0.122. The van der Waals surface area contributed by atoms with Crippen LogP contribution in [0.3, 0.4) is 0 Å². The first-order chi connectivity index (χ1) is 17.4. The van der Waals surface area contributed by atoms with Crippen molar-refractivity contribution in [1.82, 2.24) is 14.3 Å². The summed E-state index contributed by atoms with van der Waals surface area (Å²) < 4.78 is 12.5. The number of rotatable bonds is 9. The average molecular weight is 527 g/mol. The number of hydrogen-bond acceptors (Lipinski definition) is 9. The Bertz CT molecular complexity index is 1420. The third kappa shape index (κ3) is 5.23. The first-order valence-corrected chi connectivity index (χ1v) is 12.4. The van der Waals surface area contributed by atoms with E-state index in [4.69, 9.17) is 21.7 Å². The second-order valence-corrected chi connectivity index (χ2v) is 9.71. The van der Waals surface area contributed by atoms with Crippen LogP contribution in [0.4, 0.5) is 5.82 Å². The zero-order valence-corrected chi connectivity index (χ0v) is 21.7. The quantitative estimate of drug-likeness (QED) is 0.322. The molecule has 36 heavy (non-hydrogen) atoms. The molecule has 11 heteroatoms. The summed E-state index contributed by atoms with van der Waals surface area (Å²) in [4.78, 5) is 33.0. The molecule has 0 unspecified atom stereocenters. The first-order valence-electron chi connectivity index (χ1n) is 11.2. The second-order valence-electron chi connectivity index (χ2n) is 8.04. The number of aliphatic hydroxyl groups excluding tert-OH is 1. The lowest BCUT2D eigenvalue weighted by atomic mass is 10.1. The number of aryl methyl sites for hydroxylation is 1. The maximum absolute atomic E-state index is 13.3. The molecular weight excluding hydrogens is 500 g/mol.